The van der Waals surface area contributed by atoms with E-state index in [0.717, 1.165) is 0 Å². The van der Waals surface area contributed by atoms with Crippen molar-refractivity contribution in [1.29, 1.82) is 5.26 Å². The lowest BCUT2D eigenvalue weighted by Crippen LogP contribution is -2.13. The SMILES string of the molecule is COc1cc(OC)c(OC)cc1/C=C(\C#N)C(=O)Nc1ccccc1Cl. The molecule has 0 spiro atoms. The van der Waals surface area contributed by atoms with Crippen LogP contribution in [0.1, 0.15) is 5.56 Å². The third kappa shape index (κ3) is 4.26. The number of nitriles is 1. The summed E-state index contributed by atoms with van der Waals surface area (Å²) in [6, 6.07) is 11.9. The summed E-state index contributed by atoms with van der Waals surface area (Å²) in [7, 11) is 4.48. The minimum Gasteiger partial charge on any atom is -0.496 e. The van der Waals surface area contributed by atoms with Crippen molar-refractivity contribution in [3.05, 3.63) is 52.6 Å². The van der Waals surface area contributed by atoms with Gasteiger partial charge in [0.05, 0.1) is 32.0 Å². The largest absolute Gasteiger partial charge is 0.496 e. The third-order valence-corrected chi connectivity index (χ3v) is 3.85. The van der Waals surface area contributed by atoms with Crippen LogP contribution < -0.4 is 19.5 Å². The molecule has 0 heterocycles. The van der Waals surface area contributed by atoms with Crippen LogP contribution in [-0.4, -0.2) is 27.2 Å². The molecule has 0 saturated heterocycles. The Labute approximate surface area is 156 Å². The Hall–Kier alpha value is -3.17. The lowest BCUT2D eigenvalue weighted by atomic mass is 10.1. The number of methoxy groups -OCH3 is 3. The van der Waals surface area contributed by atoms with E-state index >= 15 is 0 Å². The van der Waals surface area contributed by atoms with Crippen LogP contribution in [0.2, 0.25) is 5.02 Å². The Bertz CT molecular complexity index is 888. The van der Waals surface area contributed by atoms with E-state index in [0.29, 0.717) is 33.5 Å². The Morgan fingerprint density at radius 3 is 2.27 bits per heavy atom. The number of rotatable bonds is 6. The summed E-state index contributed by atoms with van der Waals surface area (Å²) in [6.45, 7) is 0. The van der Waals surface area contributed by atoms with Gasteiger partial charge in [0.2, 0.25) is 0 Å². The molecule has 0 aliphatic heterocycles. The number of para-hydroxylation sites is 1. The molecule has 0 aliphatic carbocycles. The van der Waals surface area contributed by atoms with Crippen molar-refractivity contribution in [3.8, 4) is 23.3 Å². The van der Waals surface area contributed by atoms with Gasteiger partial charge in [0, 0.05) is 11.6 Å². The lowest BCUT2D eigenvalue weighted by molar-refractivity contribution is -0.112. The normalized spacial score (nSPS) is 10.7. The van der Waals surface area contributed by atoms with E-state index in [-0.39, 0.29) is 5.57 Å². The summed E-state index contributed by atoms with van der Waals surface area (Å²) in [5.41, 5.74) is 0.797. The molecule has 26 heavy (non-hydrogen) atoms. The van der Waals surface area contributed by atoms with Crippen molar-refractivity contribution >= 4 is 29.3 Å². The number of anilines is 1. The fourth-order valence-corrected chi connectivity index (χ4v) is 2.40. The monoisotopic (exact) mass is 372 g/mol. The van der Waals surface area contributed by atoms with Crippen molar-refractivity contribution in [1.82, 2.24) is 0 Å². The van der Waals surface area contributed by atoms with Gasteiger partial charge < -0.3 is 19.5 Å². The zero-order chi connectivity index (χ0) is 19.1. The van der Waals surface area contributed by atoms with Gasteiger partial charge in [-0.05, 0) is 24.3 Å². The summed E-state index contributed by atoms with van der Waals surface area (Å²) < 4.78 is 15.8. The quantitative estimate of drug-likeness (QED) is 0.614. The first-order chi connectivity index (χ1) is 12.5. The van der Waals surface area contributed by atoms with Gasteiger partial charge in [-0.3, -0.25) is 4.79 Å². The van der Waals surface area contributed by atoms with Crippen LogP contribution in [-0.2, 0) is 4.79 Å². The summed E-state index contributed by atoms with van der Waals surface area (Å²) in [5, 5.41) is 12.4. The summed E-state index contributed by atoms with van der Waals surface area (Å²) >= 11 is 6.03. The minimum absolute atomic E-state index is 0.115. The molecule has 2 rings (SSSR count). The average molecular weight is 373 g/mol. The maximum atomic E-state index is 12.4. The number of carbonyl (C=O) groups excluding carboxylic acids is 1. The molecule has 0 atom stereocenters. The topological polar surface area (TPSA) is 80.6 Å². The van der Waals surface area contributed by atoms with Gasteiger partial charge in [-0.1, -0.05) is 23.7 Å². The van der Waals surface area contributed by atoms with E-state index in [1.807, 2.05) is 6.07 Å². The maximum Gasteiger partial charge on any atom is 0.266 e. The van der Waals surface area contributed by atoms with Crippen molar-refractivity contribution in [2.24, 2.45) is 0 Å². The zero-order valence-corrected chi connectivity index (χ0v) is 15.3. The van der Waals surface area contributed by atoms with Gasteiger partial charge in [0.1, 0.15) is 17.4 Å². The summed E-state index contributed by atoms with van der Waals surface area (Å²) in [4.78, 5) is 12.4. The van der Waals surface area contributed by atoms with Crippen molar-refractivity contribution in [2.75, 3.05) is 26.6 Å². The van der Waals surface area contributed by atoms with E-state index in [9.17, 15) is 10.1 Å². The number of carbonyl (C=O) groups is 1. The van der Waals surface area contributed by atoms with Gasteiger partial charge in [-0.15, -0.1) is 0 Å². The van der Waals surface area contributed by atoms with Crippen molar-refractivity contribution < 1.29 is 19.0 Å². The minimum atomic E-state index is -0.586. The Balaban J connectivity index is 2.40. The van der Waals surface area contributed by atoms with E-state index in [4.69, 9.17) is 25.8 Å². The molecular formula is C19H17ClN2O4. The number of nitrogens with zero attached hydrogens (tertiary/aromatic N) is 1. The van der Waals surface area contributed by atoms with Crippen LogP contribution >= 0.6 is 11.6 Å². The molecule has 2 aromatic carbocycles. The summed E-state index contributed by atoms with van der Waals surface area (Å²) in [6.07, 6.45) is 1.41. The predicted molar refractivity (Wildman–Crippen MR) is 99.8 cm³/mol. The number of benzene rings is 2. The van der Waals surface area contributed by atoms with Gasteiger partial charge in [0.15, 0.2) is 11.5 Å². The van der Waals surface area contributed by atoms with Crippen LogP contribution in [0.25, 0.3) is 6.08 Å². The van der Waals surface area contributed by atoms with Gasteiger partial charge in [0.25, 0.3) is 5.91 Å². The van der Waals surface area contributed by atoms with E-state index < -0.39 is 5.91 Å². The number of ether oxygens (including phenoxy) is 3. The van der Waals surface area contributed by atoms with Gasteiger partial charge >= 0.3 is 0 Å². The highest BCUT2D eigenvalue weighted by Crippen LogP contribution is 2.35. The maximum absolute atomic E-state index is 12.4. The third-order valence-electron chi connectivity index (χ3n) is 3.52. The number of amides is 1. The highest BCUT2D eigenvalue weighted by molar-refractivity contribution is 6.34. The molecular weight excluding hydrogens is 356 g/mol. The van der Waals surface area contributed by atoms with Gasteiger partial charge in [-0.25, -0.2) is 0 Å². The van der Waals surface area contributed by atoms with Crippen LogP contribution in [0, 0.1) is 11.3 Å². The Morgan fingerprint density at radius 2 is 1.69 bits per heavy atom. The molecule has 1 amide bonds. The highest BCUT2D eigenvalue weighted by Gasteiger charge is 2.15. The molecule has 0 radical (unpaired) electrons. The Kier molecular flexibility index (Phi) is 6.48. The molecule has 2 aromatic rings. The van der Waals surface area contributed by atoms with Crippen molar-refractivity contribution in [2.45, 2.75) is 0 Å². The smallest absolute Gasteiger partial charge is 0.266 e. The second-order valence-corrected chi connectivity index (χ2v) is 5.46. The van der Waals surface area contributed by atoms with Crippen LogP contribution in [0.3, 0.4) is 0 Å². The molecule has 0 fully saturated rings. The first kappa shape index (κ1) is 19.2. The molecule has 0 unspecified atom stereocenters. The molecule has 1 N–H and O–H groups in total. The summed E-state index contributed by atoms with van der Waals surface area (Å²) in [5.74, 6) is 0.766. The molecule has 0 saturated carbocycles. The van der Waals surface area contributed by atoms with E-state index in [2.05, 4.69) is 5.32 Å². The van der Waals surface area contributed by atoms with E-state index in [1.165, 1.54) is 27.4 Å². The highest BCUT2D eigenvalue weighted by atomic mass is 35.5. The first-order valence-corrected chi connectivity index (χ1v) is 7.89. The molecule has 0 bridgehead atoms. The number of hydrogen-bond donors (Lipinski definition) is 1. The number of nitrogens with one attached hydrogen (secondary N) is 1. The van der Waals surface area contributed by atoms with E-state index in [1.54, 1.807) is 36.4 Å². The molecule has 134 valence electrons. The average Bonchev–Trinajstić information content (AvgIpc) is 2.66. The van der Waals surface area contributed by atoms with Crippen LogP contribution in [0.5, 0.6) is 17.2 Å². The molecule has 6 nitrogen and oxygen atoms in total. The predicted octanol–water partition coefficient (Wildman–Crippen LogP) is 3.91. The number of halogens is 1. The number of hydrogen-bond acceptors (Lipinski definition) is 5. The standard InChI is InChI=1S/C19H17ClN2O4/c1-24-16-10-18(26-3)17(25-2)9-12(16)8-13(11-21)19(23)22-15-7-5-4-6-14(15)20/h4-10H,1-3H3,(H,22,23)/b13-8+. The molecule has 0 aliphatic rings. The zero-order valence-electron chi connectivity index (χ0n) is 14.5. The van der Waals surface area contributed by atoms with Gasteiger partial charge in [-0.2, -0.15) is 5.26 Å². The second-order valence-electron chi connectivity index (χ2n) is 5.05. The van der Waals surface area contributed by atoms with Crippen LogP contribution in [0.4, 0.5) is 5.69 Å². The fourth-order valence-electron chi connectivity index (χ4n) is 2.22. The van der Waals surface area contributed by atoms with Crippen LogP contribution in [0.15, 0.2) is 42.0 Å². The molecule has 0 aromatic heterocycles. The van der Waals surface area contributed by atoms with Crippen molar-refractivity contribution in [3.63, 3.8) is 0 Å². The lowest BCUT2D eigenvalue weighted by Gasteiger charge is -2.12. The second kappa shape index (κ2) is 8.79. The molecule has 7 heteroatoms. The Morgan fingerprint density at radius 1 is 1.08 bits per heavy atom. The first-order valence-electron chi connectivity index (χ1n) is 7.51. The fraction of sp³-hybridized carbons (Fsp3) is 0.158.